The Hall–Kier alpha value is -1.84. The molecule has 1 fully saturated rings. The van der Waals surface area contributed by atoms with E-state index in [9.17, 15) is 13.9 Å². The van der Waals surface area contributed by atoms with Gasteiger partial charge < -0.3 is 20.7 Å². The van der Waals surface area contributed by atoms with Crippen molar-refractivity contribution >= 4 is 11.3 Å². The number of anilines is 1. The second-order valence-corrected chi connectivity index (χ2v) is 4.62. The van der Waals surface area contributed by atoms with E-state index in [1.54, 1.807) is 0 Å². The molecule has 7 nitrogen and oxygen atoms in total. The molecule has 1 aliphatic rings. The van der Waals surface area contributed by atoms with Gasteiger partial charge in [0.1, 0.15) is 17.7 Å². The van der Waals surface area contributed by atoms with Crippen LogP contribution in [0.3, 0.4) is 0 Å². The maximum atomic E-state index is 15.0. The van der Waals surface area contributed by atoms with Gasteiger partial charge >= 0.3 is 6.08 Å². The Kier molecular flexibility index (Phi) is 2.85. The smallest absolute Gasteiger partial charge is 0.327 e. The standard InChI is InChI=1S/C11H12F2N4O3/c12-10-15-9(14)5-1-2-7(17(5)16-10)11(13)4-20-6(3-18)8(11)19/h1-2,6,8,18-19H,3-4H2,(H2,14,15,16)/t6-,8-,11-/m1/s1. The summed E-state index contributed by atoms with van der Waals surface area (Å²) in [5, 5.41) is 22.4. The van der Waals surface area contributed by atoms with Crippen LogP contribution in [0.15, 0.2) is 12.1 Å². The first-order chi connectivity index (χ1) is 9.47. The monoisotopic (exact) mass is 286 g/mol. The molecule has 0 aromatic carbocycles. The first-order valence-electron chi connectivity index (χ1n) is 5.88. The van der Waals surface area contributed by atoms with Gasteiger partial charge in [-0.3, -0.25) is 0 Å². The normalized spacial score (nSPS) is 30.2. The van der Waals surface area contributed by atoms with E-state index in [-0.39, 0.29) is 17.0 Å². The minimum absolute atomic E-state index is 0.107. The van der Waals surface area contributed by atoms with Crippen LogP contribution in [0.1, 0.15) is 5.69 Å². The number of fused-ring (bicyclic) bond motifs is 1. The van der Waals surface area contributed by atoms with E-state index in [1.165, 1.54) is 12.1 Å². The third-order valence-corrected chi connectivity index (χ3v) is 3.45. The third-order valence-electron chi connectivity index (χ3n) is 3.45. The number of aliphatic hydroxyl groups excluding tert-OH is 2. The molecule has 0 saturated carbocycles. The second-order valence-electron chi connectivity index (χ2n) is 4.62. The van der Waals surface area contributed by atoms with E-state index >= 15 is 0 Å². The van der Waals surface area contributed by atoms with Crippen LogP contribution in [0, 0.1) is 6.08 Å². The maximum Gasteiger partial charge on any atom is 0.327 e. The van der Waals surface area contributed by atoms with Crippen LogP contribution in [0.25, 0.3) is 5.52 Å². The lowest BCUT2D eigenvalue weighted by Gasteiger charge is -2.22. The number of aliphatic hydroxyl groups is 2. The van der Waals surface area contributed by atoms with Crippen molar-refractivity contribution in [1.29, 1.82) is 0 Å². The lowest BCUT2D eigenvalue weighted by molar-refractivity contribution is -0.0168. The van der Waals surface area contributed by atoms with Gasteiger partial charge in [0.05, 0.1) is 18.9 Å². The Morgan fingerprint density at radius 2 is 2.30 bits per heavy atom. The summed E-state index contributed by atoms with van der Waals surface area (Å²) in [5.41, 5.74) is 3.33. The number of nitrogens with two attached hydrogens (primary N) is 1. The quantitative estimate of drug-likeness (QED) is 0.678. The molecular formula is C11H12F2N4O3. The van der Waals surface area contributed by atoms with Gasteiger partial charge in [0.25, 0.3) is 0 Å². The van der Waals surface area contributed by atoms with Crippen molar-refractivity contribution in [1.82, 2.24) is 14.6 Å². The van der Waals surface area contributed by atoms with Gasteiger partial charge in [-0.05, 0) is 12.1 Å². The molecule has 2 aromatic rings. The minimum Gasteiger partial charge on any atom is -0.394 e. The fourth-order valence-corrected chi connectivity index (χ4v) is 2.38. The highest BCUT2D eigenvalue weighted by molar-refractivity contribution is 5.65. The molecule has 20 heavy (non-hydrogen) atoms. The van der Waals surface area contributed by atoms with Gasteiger partial charge in [-0.1, -0.05) is 0 Å². The number of rotatable bonds is 2. The molecular weight excluding hydrogens is 274 g/mol. The van der Waals surface area contributed by atoms with Gasteiger partial charge in [0, 0.05) is 0 Å². The largest absolute Gasteiger partial charge is 0.394 e. The average molecular weight is 286 g/mol. The molecule has 0 radical (unpaired) electrons. The first kappa shape index (κ1) is 13.2. The van der Waals surface area contributed by atoms with Crippen molar-refractivity contribution in [3.63, 3.8) is 0 Å². The fraction of sp³-hybridized carbons (Fsp3) is 0.455. The van der Waals surface area contributed by atoms with Crippen LogP contribution >= 0.6 is 0 Å². The van der Waals surface area contributed by atoms with E-state index < -0.39 is 37.2 Å². The average Bonchev–Trinajstić information content (AvgIpc) is 2.94. The molecule has 0 bridgehead atoms. The second kappa shape index (κ2) is 4.33. The van der Waals surface area contributed by atoms with E-state index in [0.717, 1.165) is 4.52 Å². The van der Waals surface area contributed by atoms with Crippen LogP contribution < -0.4 is 5.73 Å². The summed E-state index contributed by atoms with van der Waals surface area (Å²) in [5.74, 6) is -0.139. The molecule has 0 amide bonds. The minimum atomic E-state index is -2.31. The number of ether oxygens (including phenoxy) is 1. The molecule has 108 valence electrons. The summed E-state index contributed by atoms with van der Waals surface area (Å²) in [4.78, 5) is 3.34. The Morgan fingerprint density at radius 3 is 2.95 bits per heavy atom. The van der Waals surface area contributed by atoms with E-state index in [4.69, 9.17) is 15.6 Å². The number of alkyl halides is 1. The summed E-state index contributed by atoms with van der Waals surface area (Å²) in [6.45, 7) is -1.00. The van der Waals surface area contributed by atoms with Crippen molar-refractivity contribution in [3.05, 3.63) is 23.9 Å². The van der Waals surface area contributed by atoms with Crippen molar-refractivity contribution in [2.45, 2.75) is 17.9 Å². The maximum absolute atomic E-state index is 15.0. The number of hydrogen-bond donors (Lipinski definition) is 3. The molecule has 3 rings (SSSR count). The topological polar surface area (TPSA) is 106 Å². The van der Waals surface area contributed by atoms with Crippen LogP contribution in [0.4, 0.5) is 14.6 Å². The number of aromatic nitrogens is 3. The number of nitrogen functional groups attached to an aromatic ring is 1. The summed E-state index contributed by atoms with van der Waals surface area (Å²) in [6.07, 6.45) is -3.75. The lowest BCUT2D eigenvalue weighted by atomic mass is 9.95. The molecule has 0 spiro atoms. The molecule has 1 saturated heterocycles. The molecule has 0 unspecified atom stereocenters. The van der Waals surface area contributed by atoms with Gasteiger partial charge in [-0.15, -0.1) is 5.10 Å². The van der Waals surface area contributed by atoms with Crippen LogP contribution in [-0.2, 0) is 10.4 Å². The predicted octanol–water partition coefficient (Wildman–Crippen LogP) is -0.633. The van der Waals surface area contributed by atoms with Gasteiger partial charge in [-0.2, -0.15) is 9.37 Å². The van der Waals surface area contributed by atoms with Crippen molar-refractivity contribution in [2.75, 3.05) is 18.9 Å². The van der Waals surface area contributed by atoms with Crippen molar-refractivity contribution in [2.24, 2.45) is 0 Å². The van der Waals surface area contributed by atoms with E-state index in [0.29, 0.717) is 0 Å². The van der Waals surface area contributed by atoms with Gasteiger partial charge in [-0.25, -0.2) is 8.91 Å². The molecule has 3 atom stereocenters. The third kappa shape index (κ3) is 1.67. The number of hydrogen-bond acceptors (Lipinski definition) is 6. The summed E-state index contributed by atoms with van der Waals surface area (Å²) in [7, 11) is 0. The van der Waals surface area contributed by atoms with Crippen LogP contribution in [0.5, 0.6) is 0 Å². The van der Waals surface area contributed by atoms with E-state index in [1.807, 2.05) is 0 Å². The molecule has 2 aromatic heterocycles. The van der Waals surface area contributed by atoms with Crippen LogP contribution in [-0.4, -0.2) is 50.2 Å². The summed E-state index contributed by atoms with van der Waals surface area (Å²) >= 11 is 0. The van der Waals surface area contributed by atoms with Gasteiger partial charge in [0.15, 0.2) is 5.82 Å². The zero-order chi connectivity index (χ0) is 14.5. The van der Waals surface area contributed by atoms with E-state index in [2.05, 4.69) is 10.1 Å². The molecule has 9 heteroatoms. The molecule has 3 heterocycles. The summed E-state index contributed by atoms with van der Waals surface area (Å²) in [6, 6.07) is 2.75. The molecule has 4 N–H and O–H groups in total. The van der Waals surface area contributed by atoms with Crippen LogP contribution in [0.2, 0.25) is 0 Å². The fourth-order valence-electron chi connectivity index (χ4n) is 2.38. The summed E-state index contributed by atoms with van der Waals surface area (Å²) < 4.78 is 34.2. The lowest BCUT2D eigenvalue weighted by Crippen LogP contribution is -2.40. The Bertz CT molecular complexity index is 664. The Morgan fingerprint density at radius 1 is 1.55 bits per heavy atom. The highest BCUT2D eigenvalue weighted by atomic mass is 19.1. The van der Waals surface area contributed by atoms with Gasteiger partial charge in [0.2, 0.25) is 5.67 Å². The first-order valence-corrected chi connectivity index (χ1v) is 5.88. The zero-order valence-electron chi connectivity index (χ0n) is 10.2. The molecule has 0 aliphatic carbocycles. The van der Waals surface area contributed by atoms with Crippen molar-refractivity contribution < 1.29 is 23.7 Å². The highest BCUT2D eigenvalue weighted by Gasteiger charge is 2.52. The number of halogens is 2. The Labute approximate surface area is 111 Å². The SMILES string of the molecule is Nc1nc(F)nn2c([C@]3(F)CO[C@H](CO)[C@H]3O)ccc12. The molecule has 1 aliphatic heterocycles. The number of nitrogens with zero attached hydrogens (tertiary/aromatic N) is 3. The predicted molar refractivity (Wildman–Crippen MR) is 63.0 cm³/mol. The zero-order valence-corrected chi connectivity index (χ0v) is 10.2. The Balaban J connectivity index is 2.15. The highest BCUT2D eigenvalue weighted by Crippen LogP contribution is 2.39. The van der Waals surface area contributed by atoms with Crippen molar-refractivity contribution in [3.8, 4) is 0 Å².